The molecular formula is C11H17O. The van der Waals surface area contributed by atoms with Gasteiger partial charge >= 0.3 is 0 Å². The van der Waals surface area contributed by atoms with Crippen molar-refractivity contribution in [3.63, 3.8) is 0 Å². The van der Waals surface area contributed by atoms with Crippen LogP contribution in [0.3, 0.4) is 0 Å². The zero-order valence-electron chi connectivity index (χ0n) is 7.54. The summed E-state index contributed by atoms with van der Waals surface area (Å²) in [5, 5.41) is 0. The summed E-state index contributed by atoms with van der Waals surface area (Å²) in [4.78, 5) is 0. The van der Waals surface area contributed by atoms with Crippen LogP contribution in [0, 0.1) is 30.8 Å². The first-order valence-electron chi connectivity index (χ1n) is 5.27. The topological polar surface area (TPSA) is 9.23 Å². The molecule has 1 heteroatoms. The summed E-state index contributed by atoms with van der Waals surface area (Å²) in [6, 6.07) is 0. The lowest BCUT2D eigenvalue weighted by atomic mass is 9.55. The van der Waals surface area contributed by atoms with Crippen LogP contribution in [0.1, 0.15) is 32.1 Å². The molecule has 1 nitrogen and oxygen atoms in total. The highest BCUT2D eigenvalue weighted by molar-refractivity contribution is 4.98. The van der Waals surface area contributed by atoms with Crippen LogP contribution in [0.15, 0.2) is 0 Å². The maximum absolute atomic E-state index is 5.38. The Morgan fingerprint density at radius 3 is 1.75 bits per heavy atom. The van der Waals surface area contributed by atoms with Gasteiger partial charge in [0.1, 0.15) is 0 Å². The summed E-state index contributed by atoms with van der Waals surface area (Å²) in [5.41, 5.74) is 0. The van der Waals surface area contributed by atoms with Gasteiger partial charge in [0.05, 0.1) is 13.2 Å². The van der Waals surface area contributed by atoms with E-state index >= 15 is 0 Å². The molecule has 0 unspecified atom stereocenters. The molecule has 0 aromatic heterocycles. The van der Waals surface area contributed by atoms with Crippen LogP contribution < -0.4 is 0 Å². The van der Waals surface area contributed by atoms with Gasteiger partial charge in [-0.1, -0.05) is 0 Å². The highest BCUT2D eigenvalue weighted by Crippen LogP contribution is 2.54. The third kappa shape index (κ3) is 0.891. The smallest absolute Gasteiger partial charge is 0.0704 e. The van der Waals surface area contributed by atoms with Crippen molar-refractivity contribution < 1.29 is 4.74 Å². The SMILES string of the molecule is [CH2]OC1C2CC3CC(C2)CC1C3. The molecule has 0 N–H and O–H groups in total. The van der Waals surface area contributed by atoms with Gasteiger partial charge in [0, 0.05) is 0 Å². The molecule has 0 atom stereocenters. The van der Waals surface area contributed by atoms with E-state index in [9.17, 15) is 0 Å². The van der Waals surface area contributed by atoms with Gasteiger partial charge in [-0.2, -0.15) is 0 Å². The minimum atomic E-state index is 0.526. The van der Waals surface area contributed by atoms with Gasteiger partial charge in [-0.3, -0.25) is 0 Å². The third-order valence-corrected chi connectivity index (χ3v) is 4.33. The standard InChI is InChI=1S/C11H17O/c1-12-11-9-3-7-2-8(5-9)6-10(11)4-7/h7-11H,1-6H2. The molecule has 4 saturated carbocycles. The van der Waals surface area contributed by atoms with Crippen molar-refractivity contribution in [1.29, 1.82) is 0 Å². The summed E-state index contributed by atoms with van der Waals surface area (Å²) in [6.07, 6.45) is 7.80. The first-order chi connectivity index (χ1) is 5.86. The van der Waals surface area contributed by atoms with Gasteiger partial charge in [-0.05, 0) is 55.8 Å². The Kier molecular flexibility index (Phi) is 1.52. The Bertz CT molecular complexity index is 159. The maximum atomic E-state index is 5.38. The van der Waals surface area contributed by atoms with E-state index in [0.29, 0.717) is 6.10 Å². The van der Waals surface area contributed by atoms with Crippen LogP contribution >= 0.6 is 0 Å². The molecular weight excluding hydrogens is 148 g/mol. The molecule has 0 heterocycles. The molecule has 0 aliphatic heterocycles. The number of hydrogen-bond acceptors (Lipinski definition) is 1. The second kappa shape index (κ2) is 2.47. The van der Waals surface area contributed by atoms with Crippen LogP contribution in [0.25, 0.3) is 0 Å². The van der Waals surface area contributed by atoms with E-state index in [1.54, 1.807) is 0 Å². The molecule has 0 aromatic carbocycles. The first-order valence-corrected chi connectivity index (χ1v) is 5.27. The largest absolute Gasteiger partial charge is 0.375 e. The second-order valence-corrected chi connectivity index (χ2v) is 5.06. The fraction of sp³-hybridized carbons (Fsp3) is 0.909. The minimum Gasteiger partial charge on any atom is -0.375 e. The van der Waals surface area contributed by atoms with E-state index < -0.39 is 0 Å². The molecule has 0 amide bonds. The van der Waals surface area contributed by atoms with E-state index in [1.807, 2.05) is 0 Å². The summed E-state index contributed by atoms with van der Waals surface area (Å²) in [7, 11) is 3.63. The van der Waals surface area contributed by atoms with Gasteiger partial charge in [-0.15, -0.1) is 0 Å². The number of hydrogen-bond donors (Lipinski definition) is 0. The lowest BCUT2D eigenvalue weighted by Crippen LogP contribution is -2.48. The third-order valence-electron chi connectivity index (χ3n) is 4.33. The Labute approximate surface area is 74.5 Å². The number of rotatable bonds is 1. The highest BCUT2D eigenvalue weighted by Gasteiger charge is 2.48. The average molecular weight is 165 g/mol. The van der Waals surface area contributed by atoms with Gasteiger partial charge in [-0.25, -0.2) is 0 Å². The summed E-state index contributed by atoms with van der Waals surface area (Å²) in [5.74, 6) is 3.86. The molecule has 0 aromatic rings. The van der Waals surface area contributed by atoms with Crippen molar-refractivity contribution in [1.82, 2.24) is 0 Å². The average Bonchev–Trinajstić information content (AvgIpc) is 2.02. The molecule has 4 aliphatic carbocycles. The van der Waals surface area contributed by atoms with Crippen molar-refractivity contribution in [3.8, 4) is 0 Å². The summed E-state index contributed by atoms with van der Waals surface area (Å²) >= 11 is 0. The van der Waals surface area contributed by atoms with E-state index in [2.05, 4.69) is 7.11 Å². The first kappa shape index (κ1) is 7.37. The predicted molar refractivity (Wildman–Crippen MR) is 47.3 cm³/mol. The van der Waals surface area contributed by atoms with Crippen LogP contribution in [-0.2, 0) is 4.74 Å². The van der Waals surface area contributed by atoms with E-state index in [0.717, 1.165) is 23.7 Å². The normalized spacial score (nSPS) is 56.2. The fourth-order valence-electron chi connectivity index (χ4n) is 4.15. The Hall–Kier alpha value is -0.0400. The second-order valence-electron chi connectivity index (χ2n) is 5.06. The van der Waals surface area contributed by atoms with Crippen molar-refractivity contribution in [2.75, 3.05) is 0 Å². The van der Waals surface area contributed by atoms with E-state index in [1.165, 1.54) is 32.1 Å². The molecule has 4 aliphatic rings. The van der Waals surface area contributed by atoms with Crippen molar-refractivity contribution in [2.45, 2.75) is 38.2 Å². The molecule has 4 bridgehead atoms. The minimum absolute atomic E-state index is 0.526. The Morgan fingerprint density at radius 1 is 0.833 bits per heavy atom. The maximum Gasteiger partial charge on any atom is 0.0704 e. The van der Waals surface area contributed by atoms with Gasteiger partial charge in [0.2, 0.25) is 0 Å². The number of ether oxygens (including phenoxy) is 1. The predicted octanol–water partition coefficient (Wildman–Crippen LogP) is 2.62. The lowest BCUT2D eigenvalue weighted by molar-refractivity contribution is -0.0993. The van der Waals surface area contributed by atoms with Crippen molar-refractivity contribution in [3.05, 3.63) is 7.11 Å². The van der Waals surface area contributed by atoms with Crippen molar-refractivity contribution >= 4 is 0 Å². The van der Waals surface area contributed by atoms with Crippen molar-refractivity contribution in [2.24, 2.45) is 23.7 Å². The zero-order chi connectivity index (χ0) is 8.13. The molecule has 0 saturated heterocycles. The Morgan fingerprint density at radius 2 is 1.33 bits per heavy atom. The van der Waals surface area contributed by atoms with Crippen LogP contribution in [0.4, 0.5) is 0 Å². The molecule has 1 radical (unpaired) electrons. The van der Waals surface area contributed by atoms with Gasteiger partial charge in [0.15, 0.2) is 0 Å². The fourth-order valence-corrected chi connectivity index (χ4v) is 4.15. The van der Waals surface area contributed by atoms with E-state index in [-0.39, 0.29) is 0 Å². The molecule has 0 spiro atoms. The highest BCUT2D eigenvalue weighted by atomic mass is 16.5. The van der Waals surface area contributed by atoms with Crippen LogP contribution in [0.2, 0.25) is 0 Å². The lowest BCUT2D eigenvalue weighted by Gasteiger charge is -2.53. The summed E-state index contributed by atoms with van der Waals surface area (Å²) in [6.45, 7) is 0. The van der Waals surface area contributed by atoms with Crippen LogP contribution in [0.5, 0.6) is 0 Å². The quantitative estimate of drug-likeness (QED) is 0.580. The van der Waals surface area contributed by atoms with E-state index in [4.69, 9.17) is 4.74 Å². The van der Waals surface area contributed by atoms with Gasteiger partial charge < -0.3 is 4.74 Å². The molecule has 4 rings (SSSR count). The monoisotopic (exact) mass is 165 g/mol. The molecule has 4 fully saturated rings. The molecule has 67 valence electrons. The van der Waals surface area contributed by atoms with Crippen LogP contribution in [-0.4, -0.2) is 6.10 Å². The summed E-state index contributed by atoms with van der Waals surface area (Å²) < 4.78 is 5.38. The molecule has 12 heavy (non-hydrogen) atoms. The zero-order valence-corrected chi connectivity index (χ0v) is 7.54. The van der Waals surface area contributed by atoms with Gasteiger partial charge in [0.25, 0.3) is 0 Å². The Balaban J connectivity index is 1.86.